The molecule has 0 radical (unpaired) electrons. The van der Waals surface area contributed by atoms with E-state index in [0.29, 0.717) is 12.8 Å². The fourth-order valence-corrected chi connectivity index (χ4v) is 2.82. The van der Waals surface area contributed by atoms with Crippen LogP contribution in [0.5, 0.6) is 0 Å². The molecule has 24 heavy (non-hydrogen) atoms. The summed E-state index contributed by atoms with van der Waals surface area (Å²) in [5.74, 6) is -0.745. The van der Waals surface area contributed by atoms with Crippen molar-refractivity contribution in [2.75, 3.05) is 6.61 Å². The van der Waals surface area contributed by atoms with Gasteiger partial charge in [0.05, 0.1) is 12.2 Å². The third-order valence-corrected chi connectivity index (χ3v) is 4.44. The highest BCUT2D eigenvalue weighted by atomic mass is 16.5. The van der Waals surface area contributed by atoms with Crippen LogP contribution in [0.15, 0.2) is 36.8 Å². The lowest BCUT2D eigenvalue weighted by Crippen LogP contribution is -2.29. The number of hydrogen-bond acceptors (Lipinski definition) is 4. The van der Waals surface area contributed by atoms with Crippen LogP contribution in [0, 0.1) is 18.8 Å². The maximum atomic E-state index is 12.5. The molecule has 5 heteroatoms. The second kappa shape index (κ2) is 8.64. The number of imidazole rings is 1. The van der Waals surface area contributed by atoms with Crippen molar-refractivity contribution in [3.8, 4) is 0 Å². The number of hydrogen-bond donors (Lipinski definition) is 1. The van der Waals surface area contributed by atoms with Crippen LogP contribution in [0.4, 0.5) is 0 Å². The number of aliphatic hydroxyl groups excluding tert-OH is 1. The number of benzene rings is 1. The summed E-state index contributed by atoms with van der Waals surface area (Å²) in [6.07, 6.45) is 4.73. The van der Waals surface area contributed by atoms with Crippen molar-refractivity contribution in [2.45, 2.75) is 33.3 Å². The second-order valence-corrected chi connectivity index (χ2v) is 6.25. The summed E-state index contributed by atoms with van der Waals surface area (Å²) >= 11 is 0. The average Bonchev–Trinajstić information content (AvgIpc) is 2.99. The first-order chi connectivity index (χ1) is 11.5. The highest BCUT2D eigenvalue weighted by Gasteiger charge is 2.28. The Balaban J connectivity index is 1.98. The summed E-state index contributed by atoms with van der Waals surface area (Å²) in [5.41, 5.74) is 3.14. The highest BCUT2D eigenvalue weighted by molar-refractivity contribution is 5.72. The van der Waals surface area contributed by atoms with E-state index in [4.69, 9.17) is 4.74 Å². The number of aryl methyl sites for hydroxylation is 2. The van der Waals surface area contributed by atoms with Crippen molar-refractivity contribution in [1.82, 2.24) is 9.55 Å². The maximum Gasteiger partial charge on any atom is 0.309 e. The highest BCUT2D eigenvalue weighted by Crippen LogP contribution is 2.22. The topological polar surface area (TPSA) is 64.3 Å². The molecule has 0 spiro atoms. The van der Waals surface area contributed by atoms with Crippen LogP contribution in [0.1, 0.15) is 30.2 Å². The molecular weight excluding hydrogens is 304 g/mol. The number of aromatic nitrogens is 2. The van der Waals surface area contributed by atoms with Gasteiger partial charge in [-0.2, -0.15) is 0 Å². The van der Waals surface area contributed by atoms with Gasteiger partial charge in [-0.05, 0) is 25.3 Å². The molecule has 1 heterocycles. The first-order valence-corrected chi connectivity index (χ1v) is 8.33. The summed E-state index contributed by atoms with van der Waals surface area (Å²) in [7, 11) is 1.91. The molecule has 0 aliphatic heterocycles. The fourth-order valence-electron chi connectivity index (χ4n) is 2.82. The molecule has 0 amide bonds. The molecule has 0 saturated heterocycles. The van der Waals surface area contributed by atoms with Gasteiger partial charge in [0.1, 0.15) is 6.61 Å². The number of rotatable bonds is 8. The molecule has 1 N–H and O–H groups in total. The normalized spacial score (nSPS) is 13.5. The third kappa shape index (κ3) is 4.68. The van der Waals surface area contributed by atoms with E-state index in [1.54, 1.807) is 12.5 Å². The molecule has 130 valence electrons. The predicted molar refractivity (Wildman–Crippen MR) is 92.2 cm³/mol. The lowest BCUT2D eigenvalue weighted by molar-refractivity contribution is -0.152. The molecule has 0 bridgehead atoms. The van der Waals surface area contributed by atoms with E-state index in [-0.39, 0.29) is 31.0 Å². The molecule has 0 fully saturated rings. The molecule has 0 saturated carbocycles. The Bertz CT molecular complexity index is 649. The molecule has 2 aromatic rings. The zero-order valence-corrected chi connectivity index (χ0v) is 14.6. The van der Waals surface area contributed by atoms with E-state index in [1.165, 1.54) is 5.56 Å². The van der Waals surface area contributed by atoms with Gasteiger partial charge in [0.15, 0.2) is 0 Å². The van der Waals surface area contributed by atoms with E-state index in [0.717, 1.165) is 11.3 Å². The smallest absolute Gasteiger partial charge is 0.309 e. The van der Waals surface area contributed by atoms with E-state index in [1.807, 2.05) is 49.7 Å². The molecule has 0 aliphatic rings. The molecule has 0 aliphatic carbocycles. The largest absolute Gasteiger partial charge is 0.461 e. The molecule has 2 atom stereocenters. The monoisotopic (exact) mass is 330 g/mol. The van der Waals surface area contributed by atoms with Crippen molar-refractivity contribution < 1.29 is 14.6 Å². The molecule has 2 unspecified atom stereocenters. The standard InChI is InChI=1S/C19H26N2O3/c1-4-18(16(11-22)9-17-10-20-13-21(17)3)19(23)24-12-15-7-5-14(2)6-8-15/h5-8,10,13,16,18,22H,4,9,11-12H2,1-3H3. The Kier molecular flexibility index (Phi) is 6.55. The minimum absolute atomic E-state index is 0.0523. The van der Waals surface area contributed by atoms with Crippen molar-refractivity contribution in [3.05, 3.63) is 53.6 Å². The SMILES string of the molecule is CCC(C(=O)OCc1ccc(C)cc1)C(CO)Cc1cncn1C. The van der Waals surface area contributed by atoms with Crippen molar-refractivity contribution in [1.29, 1.82) is 0 Å². The van der Waals surface area contributed by atoms with E-state index in [2.05, 4.69) is 4.98 Å². The summed E-state index contributed by atoms with van der Waals surface area (Å²) < 4.78 is 7.39. The minimum atomic E-state index is -0.324. The van der Waals surface area contributed by atoms with E-state index in [9.17, 15) is 9.90 Å². The Morgan fingerprint density at radius 1 is 1.33 bits per heavy atom. The third-order valence-electron chi connectivity index (χ3n) is 4.44. The molecule has 1 aromatic carbocycles. The minimum Gasteiger partial charge on any atom is -0.461 e. The van der Waals surface area contributed by atoms with Gasteiger partial charge in [-0.3, -0.25) is 4.79 Å². The van der Waals surface area contributed by atoms with Crippen molar-refractivity contribution in [3.63, 3.8) is 0 Å². The van der Waals surface area contributed by atoms with Gasteiger partial charge in [-0.25, -0.2) is 4.98 Å². The molecular formula is C19H26N2O3. The molecule has 2 rings (SSSR count). The van der Waals surface area contributed by atoms with E-state index >= 15 is 0 Å². The van der Waals surface area contributed by atoms with Gasteiger partial charge in [0.25, 0.3) is 0 Å². The van der Waals surface area contributed by atoms with Gasteiger partial charge in [0, 0.05) is 31.5 Å². The van der Waals surface area contributed by atoms with Gasteiger partial charge in [-0.1, -0.05) is 36.8 Å². The zero-order valence-electron chi connectivity index (χ0n) is 14.6. The van der Waals surface area contributed by atoms with Crippen molar-refractivity contribution in [2.24, 2.45) is 18.9 Å². The fraction of sp³-hybridized carbons (Fsp3) is 0.474. The van der Waals surface area contributed by atoms with Crippen LogP contribution in [0.25, 0.3) is 0 Å². The van der Waals surface area contributed by atoms with Gasteiger partial charge >= 0.3 is 5.97 Å². The van der Waals surface area contributed by atoms with Crippen LogP contribution in [0.3, 0.4) is 0 Å². The second-order valence-electron chi connectivity index (χ2n) is 6.25. The summed E-state index contributed by atoms with van der Waals surface area (Å²) in [6, 6.07) is 7.92. The van der Waals surface area contributed by atoms with E-state index < -0.39 is 0 Å². The summed E-state index contributed by atoms with van der Waals surface area (Å²) in [6.45, 7) is 4.18. The first-order valence-electron chi connectivity index (χ1n) is 8.33. The summed E-state index contributed by atoms with van der Waals surface area (Å²) in [5, 5.41) is 9.74. The van der Waals surface area contributed by atoms with Crippen LogP contribution in [-0.2, 0) is 29.6 Å². The Labute approximate surface area is 143 Å². The maximum absolute atomic E-state index is 12.5. The number of carbonyl (C=O) groups excluding carboxylic acids is 1. The molecule has 1 aromatic heterocycles. The van der Waals surface area contributed by atoms with Gasteiger partial charge in [-0.15, -0.1) is 0 Å². The van der Waals surface area contributed by atoms with Crippen LogP contribution in [-0.4, -0.2) is 27.2 Å². The quantitative estimate of drug-likeness (QED) is 0.756. The van der Waals surface area contributed by atoms with Crippen LogP contribution >= 0.6 is 0 Å². The van der Waals surface area contributed by atoms with Gasteiger partial charge in [0.2, 0.25) is 0 Å². The average molecular weight is 330 g/mol. The first kappa shape index (κ1) is 18.2. The zero-order chi connectivity index (χ0) is 17.5. The Hall–Kier alpha value is -2.14. The molecule has 5 nitrogen and oxygen atoms in total. The predicted octanol–water partition coefficient (Wildman–Crippen LogP) is 2.65. The number of carbonyl (C=O) groups is 1. The lowest BCUT2D eigenvalue weighted by atomic mass is 9.87. The summed E-state index contributed by atoms with van der Waals surface area (Å²) in [4.78, 5) is 16.6. The number of aliphatic hydroxyl groups is 1. The Morgan fingerprint density at radius 3 is 2.58 bits per heavy atom. The van der Waals surface area contributed by atoms with Gasteiger partial charge < -0.3 is 14.4 Å². The number of ether oxygens (including phenoxy) is 1. The number of nitrogens with zero attached hydrogens (tertiary/aromatic N) is 2. The van der Waals surface area contributed by atoms with Crippen LogP contribution < -0.4 is 0 Å². The number of esters is 1. The van der Waals surface area contributed by atoms with Crippen molar-refractivity contribution >= 4 is 5.97 Å². The Morgan fingerprint density at radius 2 is 2.04 bits per heavy atom. The van der Waals surface area contributed by atoms with Crippen LogP contribution in [0.2, 0.25) is 0 Å². The lowest BCUT2D eigenvalue weighted by Gasteiger charge is -2.23.